The van der Waals surface area contributed by atoms with Gasteiger partial charge in [-0.1, -0.05) is 11.8 Å². The van der Waals surface area contributed by atoms with Gasteiger partial charge in [0, 0.05) is 23.4 Å². The summed E-state index contributed by atoms with van der Waals surface area (Å²) in [4.78, 5) is 11.9. The van der Waals surface area contributed by atoms with E-state index in [0.29, 0.717) is 18.7 Å². The minimum Gasteiger partial charge on any atom is -0.351 e. The standard InChI is InChI=1S/C14H18N2OS/c1-11-8-12(4-3-5-15)10-13(9-11)14(17)16-6-7-18-2/h8-10H,5-7,15H2,1-2H3,(H,16,17). The van der Waals surface area contributed by atoms with E-state index in [9.17, 15) is 4.79 Å². The van der Waals surface area contributed by atoms with E-state index < -0.39 is 0 Å². The largest absolute Gasteiger partial charge is 0.351 e. The first-order chi connectivity index (χ1) is 8.67. The van der Waals surface area contributed by atoms with Gasteiger partial charge in [-0.2, -0.15) is 11.8 Å². The third-order valence-corrected chi connectivity index (χ3v) is 2.88. The van der Waals surface area contributed by atoms with Gasteiger partial charge in [-0.15, -0.1) is 0 Å². The molecule has 1 aromatic carbocycles. The second kappa shape index (κ2) is 7.80. The zero-order valence-electron chi connectivity index (χ0n) is 10.7. The van der Waals surface area contributed by atoms with Crippen LogP contribution in [-0.4, -0.2) is 31.0 Å². The van der Waals surface area contributed by atoms with Gasteiger partial charge < -0.3 is 11.1 Å². The summed E-state index contributed by atoms with van der Waals surface area (Å²) >= 11 is 1.71. The molecule has 3 N–H and O–H groups in total. The Morgan fingerprint density at radius 1 is 1.44 bits per heavy atom. The Balaban J connectivity index is 2.81. The van der Waals surface area contributed by atoms with Crippen LogP contribution >= 0.6 is 11.8 Å². The molecule has 0 bridgehead atoms. The van der Waals surface area contributed by atoms with Crippen LogP contribution in [-0.2, 0) is 0 Å². The molecule has 0 unspecified atom stereocenters. The van der Waals surface area contributed by atoms with Crippen LogP contribution in [0.4, 0.5) is 0 Å². The Kier molecular flexibility index (Phi) is 6.34. The molecule has 1 amide bonds. The van der Waals surface area contributed by atoms with Crippen molar-refractivity contribution in [3.8, 4) is 11.8 Å². The number of rotatable bonds is 4. The van der Waals surface area contributed by atoms with Gasteiger partial charge in [-0.3, -0.25) is 4.79 Å². The number of amides is 1. The molecule has 0 saturated heterocycles. The van der Waals surface area contributed by atoms with Gasteiger partial charge in [0.1, 0.15) is 0 Å². The van der Waals surface area contributed by atoms with Crippen LogP contribution in [0.2, 0.25) is 0 Å². The van der Waals surface area contributed by atoms with E-state index in [1.54, 1.807) is 17.8 Å². The average molecular weight is 262 g/mol. The van der Waals surface area contributed by atoms with Gasteiger partial charge in [0.25, 0.3) is 5.91 Å². The maximum Gasteiger partial charge on any atom is 0.251 e. The van der Waals surface area contributed by atoms with Crippen molar-refractivity contribution in [1.82, 2.24) is 5.32 Å². The lowest BCUT2D eigenvalue weighted by atomic mass is 10.1. The summed E-state index contributed by atoms with van der Waals surface area (Å²) in [7, 11) is 0. The van der Waals surface area contributed by atoms with Gasteiger partial charge in [0.05, 0.1) is 6.54 Å². The molecule has 0 aromatic heterocycles. The highest BCUT2D eigenvalue weighted by Gasteiger charge is 2.06. The lowest BCUT2D eigenvalue weighted by Gasteiger charge is -2.06. The van der Waals surface area contributed by atoms with Crippen LogP contribution in [0.3, 0.4) is 0 Å². The molecule has 1 aromatic rings. The highest BCUT2D eigenvalue weighted by Crippen LogP contribution is 2.09. The molecule has 4 heteroatoms. The number of nitrogens with one attached hydrogen (secondary N) is 1. The Morgan fingerprint density at radius 3 is 2.89 bits per heavy atom. The number of aryl methyl sites for hydroxylation is 1. The SMILES string of the molecule is CSCCNC(=O)c1cc(C)cc(C#CCN)c1. The molecule has 0 aliphatic heterocycles. The Bertz CT molecular complexity index is 474. The summed E-state index contributed by atoms with van der Waals surface area (Å²) in [5.41, 5.74) is 7.84. The zero-order valence-corrected chi connectivity index (χ0v) is 11.6. The number of carbonyl (C=O) groups excluding carboxylic acids is 1. The lowest BCUT2D eigenvalue weighted by molar-refractivity contribution is 0.0956. The summed E-state index contributed by atoms with van der Waals surface area (Å²) in [5, 5.41) is 2.88. The molecule has 0 saturated carbocycles. The molecular formula is C14H18N2OS. The number of carbonyl (C=O) groups is 1. The van der Waals surface area contributed by atoms with Crippen LogP contribution < -0.4 is 11.1 Å². The van der Waals surface area contributed by atoms with Crippen molar-refractivity contribution in [3.05, 3.63) is 34.9 Å². The number of hydrogen-bond donors (Lipinski definition) is 2. The van der Waals surface area contributed by atoms with Gasteiger partial charge in [0.2, 0.25) is 0 Å². The first-order valence-corrected chi connectivity index (χ1v) is 7.14. The molecule has 0 atom stereocenters. The summed E-state index contributed by atoms with van der Waals surface area (Å²) in [6, 6.07) is 5.60. The molecule has 18 heavy (non-hydrogen) atoms. The fourth-order valence-electron chi connectivity index (χ4n) is 1.51. The number of nitrogens with two attached hydrogens (primary N) is 1. The predicted octanol–water partition coefficient (Wildman–Crippen LogP) is 1.40. The Morgan fingerprint density at radius 2 is 2.22 bits per heavy atom. The molecule has 0 spiro atoms. The quantitative estimate of drug-likeness (QED) is 0.637. The Labute approximate surface area is 113 Å². The molecule has 0 aliphatic rings. The van der Waals surface area contributed by atoms with Crippen molar-refractivity contribution >= 4 is 17.7 Å². The van der Waals surface area contributed by atoms with Crippen molar-refractivity contribution in [2.45, 2.75) is 6.92 Å². The minimum absolute atomic E-state index is 0.0523. The maximum absolute atomic E-state index is 11.9. The first-order valence-electron chi connectivity index (χ1n) is 5.75. The fraction of sp³-hybridized carbons (Fsp3) is 0.357. The average Bonchev–Trinajstić information content (AvgIpc) is 2.36. The van der Waals surface area contributed by atoms with Crippen LogP contribution in [0.25, 0.3) is 0 Å². The smallest absolute Gasteiger partial charge is 0.251 e. The van der Waals surface area contributed by atoms with Crippen molar-refractivity contribution in [2.75, 3.05) is 25.1 Å². The second-order valence-corrected chi connectivity index (χ2v) is 4.83. The van der Waals surface area contributed by atoms with Crippen molar-refractivity contribution < 1.29 is 4.79 Å². The Hall–Kier alpha value is -1.44. The van der Waals surface area contributed by atoms with Gasteiger partial charge in [-0.05, 0) is 36.9 Å². The molecule has 96 valence electrons. The van der Waals surface area contributed by atoms with Crippen LogP contribution in [0.1, 0.15) is 21.5 Å². The van der Waals surface area contributed by atoms with E-state index in [1.165, 1.54) is 0 Å². The highest BCUT2D eigenvalue weighted by atomic mass is 32.2. The summed E-state index contributed by atoms with van der Waals surface area (Å²) in [5.74, 6) is 6.60. The van der Waals surface area contributed by atoms with E-state index in [0.717, 1.165) is 16.9 Å². The molecule has 0 heterocycles. The van der Waals surface area contributed by atoms with E-state index in [-0.39, 0.29) is 5.91 Å². The van der Waals surface area contributed by atoms with Gasteiger partial charge in [-0.25, -0.2) is 0 Å². The van der Waals surface area contributed by atoms with Gasteiger partial charge >= 0.3 is 0 Å². The molecule has 3 nitrogen and oxygen atoms in total. The number of hydrogen-bond acceptors (Lipinski definition) is 3. The van der Waals surface area contributed by atoms with E-state index in [1.807, 2.05) is 25.3 Å². The van der Waals surface area contributed by atoms with Crippen LogP contribution in [0, 0.1) is 18.8 Å². The zero-order chi connectivity index (χ0) is 13.4. The third kappa shape index (κ3) is 4.82. The van der Waals surface area contributed by atoms with Gasteiger partial charge in [0.15, 0.2) is 0 Å². The van der Waals surface area contributed by atoms with E-state index >= 15 is 0 Å². The molecule has 0 fully saturated rings. The van der Waals surface area contributed by atoms with Crippen molar-refractivity contribution in [3.63, 3.8) is 0 Å². The van der Waals surface area contributed by atoms with E-state index in [4.69, 9.17) is 5.73 Å². The van der Waals surface area contributed by atoms with Crippen molar-refractivity contribution in [2.24, 2.45) is 5.73 Å². The third-order valence-electron chi connectivity index (χ3n) is 2.27. The monoisotopic (exact) mass is 262 g/mol. The van der Waals surface area contributed by atoms with Crippen LogP contribution in [0.15, 0.2) is 18.2 Å². The molecule has 0 radical (unpaired) electrons. The topological polar surface area (TPSA) is 55.1 Å². The predicted molar refractivity (Wildman–Crippen MR) is 77.8 cm³/mol. The van der Waals surface area contributed by atoms with Crippen molar-refractivity contribution in [1.29, 1.82) is 0 Å². The molecule has 1 rings (SSSR count). The minimum atomic E-state index is -0.0523. The lowest BCUT2D eigenvalue weighted by Crippen LogP contribution is -2.25. The molecular weight excluding hydrogens is 244 g/mol. The summed E-state index contributed by atoms with van der Waals surface area (Å²) < 4.78 is 0. The molecule has 0 aliphatic carbocycles. The summed E-state index contributed by atoms with van der Waals surface area (Å²) in [6.07, 6.45) is 2.01. The number of benzene rings is 1. The first kappa shape index (κ1) is 14.6. The van der Waals surface area contributed by atoms with Crippen LogP contribution in [0.5, 0.6) is 0 Å². The summed E-state index contributed by atoms with van der Waals surface area (Å²) in [6.45, 7) is 2.95. The maximum atomic E-state index is 11.9. The number of thioether (sulfide) groups is 1. The fourth-order valence-corrected chi connectivity index (χ4v) is 1.81. The highest BCUT2D eigenvalue weighted by molar-refractivity contribution is 7.98. The normalized spacial score (nSPS) is 9.50. The second-order valence-electron chi connectivity index (χ2n) is 3.84. The van der Waals surface area contributed by atoms with E-state index in [2.05, 4.69) is 17.2 Å².